The lowest BCUT2D eigenvalue weighted by atomic mass is 10.1. The van der Waals surface area contributed by atoms with Gasteiger partial charge in [-0.2, -0.15) is 10.4 Å². The molecule has 0 saturated carbocycles. The van der Waals surface area contributed by atoms with Gasteiger partial charge in [-0.15, -0.1) is 10.2 Å². The van der Waals surface area contributed by atoms with Crippen molar-refractivity contribution in [1.82, 2.24) is 20.0 Å². The SMILES string of the molecule is Cc1cc(C)cc(-c2nnc(SCc3c(C#N)c(C)nn3-c3ccccc3)o2)c1. The summed E-state index contributed by atoms with van der Waals surface area (Å²) < 4.78 is 7.66. The van der Waals surface area contributed by atoms with Gasteiger partial charge in [0.25, 0.3) is 5.22 Å². The molecule has 0 unspecified atom stereocenters. The molecule has 0 radical (unpaired) electrons. The number of nitriles is 1. The van der Waals surface area contributed by atoms with Crippen LogP contribution in [0.4, 0.5) is 0 Å². The first-order valence-corrected chi connectivity index (χ1v) is 10.1. The fourth-order valence-corrected chi connectivity index (χ4v) is 4.01. The lowest BCUT2D eigenvalue weighted by Gasteiger charge is -2.06. The van der Waals surface area contributed by atoms with E-state index in [-0.39, 0.29) is 0 Å². The highest BCUT2D eigenvalue weighted by molar-refractivity contribution is 7.98. The highest BCUT2D eigenvalue weighted by atomic mass is 32.2. The number of aromatic nitrogens is 4. The zero-order valence-electron chi connectivity index (χ0n) is 16.4. The molecule has 2 aromatic carbocycles. The van der Waals surface area contributed by atoms with Crippen LogP contribution in [0.15, 0.2) is 58.2 Å². The quantitative estimate of drug-likeness (QED) is 0.437. The number of rotatable bonds is 5. The number of aryl methyl sites for hydroxylation is 3. The molecular weight excluding hydrogens is 382 g/mol. The van der Waals surface area contributed by atoms with Gasteiger partial charge in [0, 0.05) is 11.3 Å². The molecule has 144 valence electrons. The van der Waals surface area contributed by atoms with Crippen LogP contribution in [0.2, 0.25) is 0 Å². The van der Waals surface area contributed by atoms with Crippen LogP contribution in [0.1, 0.15) is 28.1 Å². The molecule has 4 aromatic rings. The summed E-state index contributed by atoms with van der Waals surface area (Å²) in [5.74, 6) is 0.986. The van der Waals surface area contributed by atoms with Crippen molar-refractivity contribution in [3.63, 3.8) is 0 Å². The van der Waals surface area contributed by atoms with Crippen LogP contribution in [-0.4, -0.2) is 20.0 Å². The summed E-state index contributed by atoms with van der Waals surface area (Å²) in [6.07, 6.45) is 0. The normalized spacial score (nSPS) is 10.8. The third kappa shape index (κ3) is 3.93. The molecule has 0 saturated heterocycles. The van der Waals surface area contributed by atoms with E-state index in [4.69, 9.17) is 4.42 Å². The van der Waals surface area contributed by atoms with Crippen molar-refractivity contribution in [3.8, 4) is 23.2 Å². The van der Waals surface area contributed by atoms with Crippen molar-refractivity contribution in [2.75, 3.05) is 0 Å². The second-order valence-electron chi connectivity index (χ2n) is 6.80. The van der Waals surface area contributed by atoms with Crippen LogP contribution < -0.4 is 0 Å². The highest BCUT2D eigenvalue weighted by Gasteiger charge is 2.18. The van der Waals surface area contributed by atoms with E-state index in [1.807, 2.05) is 67.9 Å². The maximum absolute atomic E-state index is 9.60. The predicted molar refractivity (Wildman–Crippen MR) is 112 cm³/mol. The second-order valence-corrected chi connectivity index (χ2v) is 7.73. The van der Waals surface area contributed by atoms with E-state index in [2.05, 4.69) is 27.4 Å². The summed E-state index contributed by atoms with van der Waals surface area (Å²) in [5.41, 5.74) is 6.21. The van der Waals surface area contributed by atoms with E-state index in [9.17, 15) is 5.26 Å². The molecule has 0 aliphatic rings. The van der Waals surface area contributed by atoms with Crippen LogP contribution in [0, 0.1) is 32.1 Å². The number of para-hydroxylation sites is 1. The lowest BCUT2D eigenvalue weighted by Crippen LogP contribution is -2.02. The Morgan fingerprint density at radius 1 is 1.03 bits per heavy atom. The van der Waals surface area contributed by atoms with Gasteiger partial charge in [-0.25, -0.2) is 4.68 Å². The summed E-state index contributed by atoms with van der Waals surface area (Å²) in [5, 5.41) is 23.0. The molecule has 4 rings (SSSR count). The van der Waals surface area contributed by atoms with Gasteiger partial charge in [0.2, 0.25) is 5.89 Å². The molecule has 0 aliphatic carbocycles. The molecule has 2 heterocycles. The summed E-state index contributed by atoms with van der Waals surface area (Å²) in [6.45, 7) is 5.93. The summed E-state index contributed by atoms with van der Waals surface area (Å²) >= 11 is 1.40. The third-order valence-electron chi connectivity index (χ3n) is 4.48. The number of thioether (sulfide) groups is 1. The largest absolute Gasteiger partial charge is 0.411 e. The highest BCUT2D eigenvalue weighted by Crippen LogP contribution is 2.29. The molecule has 0 atom stereocenters. The zero-order chi connectivity index (χ0) is 20.4. The number of hydrogen-bond donors (Lipinski definition) is 0. The van der Waals surface area contributed by atoms with E-state index in [1.54, 1.807) is 0 Å². The Morgan fingerprint density at radius 2 is 1.76 bits per heavy atom. The fourth-order valence-electron chi connectivity index (χ4n) is 3.25. The van der Waals surface area contributed by atoms with Crippen LogP contribution >= 0.6 is 11.8 Å². The van der Waals surface area contributed by atoms with E-state index in [0.29, 0.717) is 28.1 Å². The molecule has 2 aromatic heterocycles. The van der Waals surface area contributed by atoms with Crippen molar-refractivity contribution >= 4 is 11.8 Å². The zero-order valence-corrected chi connectivity index (χ0v) is 17.2. The van der Waals surface area contributed by atoms with E-state index in [0.717, 1.165) is 28.1 Å². The lowest BCUT2D eigenvalue weighted by molar-refractivity contribution is 0.465. The minimum absolute atomic E-state index is 0.460. The van der Waals surface area contributed by atoms with Crippen LogP contribution in [0.5, 0.6) is 0 Å². The van der Waals surface area contributed by atoms with E-state index < -0.39 is 0 Å². The van der Waals surface area contributed by atoms with Crippen molar-refractivity contribution in [3.05, 3.63) is 76.6 Å². The van der Waals surface area contributed by atoms with Crippen molar-refractivity contribution in [2.24, 2.45) is 0 Å². The monoisotopic (exact) mass is 401 g/mol. The van der Waals surface area contributed by atoms with Gasteiger partial charge in [0.1, 0.15) is 6.07 Å². The maximum atomic E-state index is 9.60. The molecule has 0 aliphatic heterocycles. The number of hydrogen-bond acceptors (Lipinski definition) is 6. The minimum atomic E-state index is 0.460. The van der Waals surface area contributed by atoms with Crippen LogP contribution in [0.3, 0.4) is 0 Å². The number of nitrogens with zero attached hydrogens (tertiary/aromatic N) is 5. The molecular formula is C22H19N5OS. The van der Waals surface area contributed by atoms with Gasteiger partial charge in [-0.05, 0) is 45.0 Å². The van der Waals surface area contributed by atoms with Gasteiger partial charge in [-0.3, -0.25) is 0 Å². The fraction of sp³-hybridized carbons (Fsp3) is 0.182. The molecule has 7 heteroatoms. The topological polar surface area (TPSA) is 80.5 Å². The molecule has 0 bridgehead atoms. The molecule has 0 fully saturated rings. The van der Waals surface area contributed by atoms with E-state index in [1.165, 1.54) is 11.8 Å². The molecule has 0 N–H and O–H groups in total. The molecule has 6 nitrogen and oxygen atoms in total. The first-order chi connectivity index (χ1) is 14.0. The standard InChI is InChI=1S/C22H19N5OS/c1-14-9-15(2)11-17(10-14)21-24-25-22(28-21)29-13-20-19(12-23)16(3)26-27(20)18-7-5-4-6-8-18/h4-11H,13H2,1-3H3. The Kier molecular flexibility index (Phi) is 5.19. The smallest absolute Gasteiger partial charge is 0.277 e. The van der Waals surface area contributed by atoms with Gasteiger partial charge in [0.15, 0.2) is 0 Å². The Hall–Kier alpha value is -3.37. The second kappa shape index (κ2) is 7.94. The minimum Gasteiger partial charge on any atom is -0.411 e. The summed E-state index contributed by atoms with van der Waals surface area (Å²) in [7, 11) is 0. The van der Waals surface area contributed by atoms with Crippen molar-refractivity contribution in [1.29, 1.82) is 5.26 Å². The molecule has 29 heavy (non-hydrogen) atoms. The molecule has 0 spiro atoms. The Bertz CT molecular complexity index is 1180. The van der Waals surface area contributed by atoms with Gasteiger partial charge in [0.05, 0.1) is 22.6 Å². The van der Waals surface area contributed by atoms with E-state index >= 15 is 0 Å². The Labute approximate surface area is 173 Å². The third-order valence-corrected chi connectivity index (χ3v) is 5.31. The Balaban J connectivity index is 1.60. The maximum Gasteiger partial charge on any atom is 0.277 e. The summed E-state index contributed by atoms with van der Waals surface area (Å²) in [6, 6.07) is 18.2. The Morgan fingerprint density at radius 3 is 2.45 bits per heavy atom. The number of benzene rings is 2. The van der Waals surface area contributed by atoms with Gasteiger partial charge < -0.3 is 4.42 Å². The van der Waals surface area contributed by atoms with Crippen LogP contribution in [0.25, 0.3) is 17.1 Å². The average molecular weight is 401 g/mol. The first kappa shape index (κ1) is 19.0. The average Bonchev–Trinajstić information content (AvgIpc) is 3.30. The van der Waals surface area contributed by atoms with Gasteiger partial charge in [-0.1, -0.05) is 47.2 Å². The first-order valence-electron chi connectivity index (χ1n) is 9.14. The van der Waals surface area contributed by atoms with Crippen molar-refractivity contribution in [2.45, 2.75) is 31.7 Å². The van der Waals surface area contributed by atoms with Crippen LogP contribution in [-0.2, 0) is 5.75 Å². The summed E-state index contributed by atoms with van der Waals surface area (Å²) in [4.78, 5) is 0. The molecule has 0 amide bonds. The van der Waals surface area contributed by atoms with Gasteiger partial charge >= 0.3 is 0 Å². The van der Waals surface area contributed by atoms with Crippen molar-refractivity contribution < 1.29 is 4.42 Å². The predicted octanol–water partition coefficient (Wildman–Crippen LogP) is 5.01.